The number of hydrogen-bond donors (Lipinski definition) is 1. The highest BCUT2D eigenvalue weighted by Gasteiger charge is 2.28. The summed E-state index contributed by atoms with van der Waals surface area (Å²) in [5.74, 6) is 0.826. The van der Waals surface area contributed by atoms with E-state index in [2.05, 4.69) is 33.0 Å². The van der Waals surface area contributed by atoms with E-state index < -0.39 is 5.97 Å². The number of esters is 1. The molecule has 0 unspecified atom stereocenters. The van der Waals surface area contributed by atoms with Gasteiger partial charge in [-0.25, -0.2) is 4.79 Å². The van der Waals surface area contributed by atoms with Gasteiger partial charge in [-0.05, 0) is 41.9 Å². The van der Waals surface area contributed by atoms with Crippen molar-refractivity contribution in [2.45, 2.75) is 58.9 Å². The van der Waals surface area contributed by atoms with Crippen LogP contribution >= 0.6 is 0 Å². The fraction of sp³-hybridized carbons (Fsp3) is 0.600. The minimum Gasteiger partial charge on any atom is -0.452 e. The Morgan fingerprint density at radius 2 is 1.83 bits per heavy atom. The number of carbonyl (C=O) groups is 2. The van der Waals surface area contributed by atoms with Gasteiger partial charge in [-0.1, -0.05) is 52.7 Å². The third-order valence-corrected chi connectivity index (χ3v) is 5.20. The van der Waals surface area contributed by atoms with Gasteiger partial charge in [-0.2, -0.15) is 0 Å². The van der Waals surface area contributed by atoms with Gasteiger partial charge in [-0.3, -0.25) is 4.79 Å². The van der Waals surface area contributed by atoms with E-state index in [0.29, 0.717) is 23.3 Å². The summed E-state index contributed by atoms with van der Waals surface area (Å²) in [6.07, 6.45) is 3.36. The van der Waals surface area contributed by atoms with Gasteiger partial charge >= 0.3 is 5.97 Å². The third kappa shape index (κ3) is 4.83. The first kappa shape index (κ1) is 18.5. The molecule has 1 amide bonds. The smallest absolute Gasteiger partial charge is 0.338 e. The van der Waals surface area contributed by atoms with Gasteiger partial charge in [0.1, 0.15) is 0 Å². The Bertz CT molecular complexity index is 565. The van der Waals surface area contributed by atoms with Crippen LogP contribution in [0.3, 0.4) is 0 Å². The van der Waals surface area contributed by atoms with Crippen molar-refractivity contribution in [3.63, 3.8) is 0 Å². The molecule has 1 saturated carbocycles. The van der Waals surface area contributed by atoms with E-state index in [1.54, 1.807) is 12.1 Å². The molecule has 0 saturated heterocycles. The molecule has 24 heavy (non-hydrogen) atoms. The van der Waals surface area contributed by atoms with Crippen molar-refractivity contribution in [1.29, 1.82) is 0 Å². The first-order valence-corrected chi connectivity index (χ1v) is 8.95. The maximum absolute atomic E-state index is 12.1. The zero-order chi connectivity index (χ0) is 17.7. The second-order valence-electron chi connectivity index (χ2n) is 7.29. The predicted molar refractivity (Wildman–Crippen MR) is 94.9 cm³/mol. The van der Waals surface area contributed by atoms with Crippen LogP contribution in [0.1, 0.15) is 68.8 Å². The number of nitrogens with one attached hydrogen (secondary N) is 1. The summed E-state index contributed by atoms with van der Waals surface area (Å²) in [5, 5.41) is 3.01. The molecule has 1 aromatic carbocycles. The molecule has 0 aliphatic heterocycles. The normalized spacial score (nSPS) is 23.8. The topological polar surface area (TPSA) is 55.4 Å². The van der Waals surface area contributed by atoms with E-state index in [9.17, 15) is 9.59 Å². The zero-order valence-corrected chi connectivity index (χ0v) is 15.2. The second-order valence-corrected chi connectivity index (χ2v) is 7.29. The van der Waals surface area contributed by atoms with Crippen molar-refractivity contribution in [2.24, 2.45) is 11.8 Å². The summed E-state index contributed by atoms with van der Waals surface area (Å²) in [6, 6.07) is 7.53. The Hall–Kier alpha value is -1.84. The first-order chi connectivity index (χ1) is 11.4. The number of rotatable bonds is 5. The largest absolute Gasteiger partial charge is 0.452 e. The van der Waals surface area contributed by atoms with Gasteiger partial charge in [-0.15, -0.1) is 0 Å². The summed E-state index contributed by atoms with van der Waals surface area (Å²) in [6.45, 7) is 8.39. The summed E-state index contributed by atoms with van der Waals surface area (Å²) >= 11 is 0. The Labute approximate surface area is 145 Å². The van der Waals surface area contributed by atoms with Crippen molar-refractivity contribution in [3.05, 3.63) is 35.4 Å². The molecule has 1 aromatic rings. The number of benzene rings is 1. The summed E-state index contributed by atoms with van der Waals surface area (Å²) in [4.78, 5) is 24.1. The Morgan fingerprint density at radius 3 is 2.46 bits per heavy atom. The van der Waals surface area contributed by atoms with E-state index in [1.165, 1.54) is 12.0 Å². The lowest BCUT2D eigenvalue weighted by Crippen LogP contribution is -2.45. The van der Waals surface area contributed by atoms with Crippen LogP contribution in [0.4, 0.5) is 0 Å². The SMILES string of the molecule is CC(C)c1ccc(C(=O)OCC(=O)N[C@H]2CCC[C@@H](C)[C@H]2C)cc1. The van der Waals surface area contributed by atoms with E-state index in [0.717, 1.165) is 12.8 Å². The lowest BCUT2D eigenvalue weighted by Gasteiger charge is -2.34. The molecule has 0 bridgehead atoms. The van der Waals surface area contributed by atoms with Crippen LogP contribution in [-0.2, 0) is 9.53 Å². The third-order valence-electron chi connectivity index (χ3n) is 5.20. The van der Waals surface area contributed by atoms with Crippen molar-refractivity contribution < 1.29 is 14.3 Å². The molecule has 3 atom stereocenters. The van der Waals surface area contributed by atoms with Gasteiger partial charge in [0.25, 0.3) is 5.91 Å². The summed E-state index contributed by atoms with van der Waals surface area (Å²) < 4.78 is 5.14. The Balaban J connectivity index is 1.81. The van der Waals surface area contributed by atoms with Crippen LogP contribution < -0.4 is 5.32 Å². The fourth-order valence-electron chi connectivity index (χ4n) is 3.25. The molecule has 1 aliphatic rings. The molecule has 0 heterocycles. The lowest BCUT2D eigenvalue weighted by molar-refractivity contribution is -0.125. The van der Waals surface area contributed by atoms with Crippen LogP contribution in [0.2, 0.25) is 0 Å². The number of amides is 1. The van der Waals surface area contributed by atoms with Gasteiger partial charge < -0.3 is 10.1 Å². The van der Waals surface area contributed by atoms with Crippen LogP contribution in [0, 0.1) is 11.8 Å². The van der Waals surface area contributed by atoms with E-state index in [1.807, 2.05) is 12.1 Å². The molecule has 1 N–H and O–H groups in total. The van der Waals surface area contributed by atoms with E-state index >= 15 is 0 Å². The van der Waals surface area contributed by atoms with Gasteiger partial charge in [0, 0.05) is 6.04 Å². The molecule has 132 valence electrons. The number of hydrogen-bond acceptors (Lipinski definition) is 3. The molecule has 0 aromatic heterocycles. The van der Waals surface area contributed by atoms with E-state index in [-0.39, 0.29) is 18.6 Å². The van der Waals surface area contributed by atoms with Gasteiger partial charge in [0.2, 0.25) is 0 Å². The average Bonchev–Trinajstić information content (AvgIpc) is 2.57. The fourth-order valence-corrected chi connectivity index (χ4v) is 3.25. The van der Waals surface area contributed by atoms with Gasteiger partial charge in [0.05, 0.1) is 5.56 Å². The van der Waals surface area contributed by atoms with Crippen LogP contribution in [0.25, 0.3) is 0 Å². The van der Waals surface area contributed by atoms with Crippen molar-refractivity contribution in [1.82, 2.24) is 5.32 Å². The average molecular weight is 331 g/mol. The lowest BCUT2D eigenvalue weighted by atomic mass is 9.78. The first-order valence-electron chi connectivity index (χ1n) is 8.95. The molecule has 1 fully saturated rings. The monoisotopic (exact) mass is 331 g/mol. The van der Waals surface area contributed by atoms with Crippen molar-refractivity contribution >= 4 is 11.9 Å². The van der Waals surface area contributed by atoms with Crippen molar-refractivity contribution in [3.8, 4) is 0 Å². The minimum atomic E-state index is -0.453. The van der Waals surface area contributed by atoms with Gasteiger partial charge in [0.15, 0.2) is 6.61 Å². The maximum atomic E-state index is 12.1. The Morgan fingerprint density at radius 1 is 1.17 bits per heavy atom. The molecule has 1 aliphatic carbocycles. The number of carbonyl (C=O) groups excluding carboxylic acids is 2. The quantitative estimate of drug-likeness (QED) is 0.832. The summed E-state index contributed by atoms with van der Waals surface area (Å²) in [7, 11) is 0. The van der Waals surface area contributed by atoms with Crippen LogP contribution in [0.5, 0.6) is 0 Å². The van der Waals surface area contributed by atoms with Crippen LogP contribution in [-0.4, -0.2) is 24.5 Å². The maximum Gasteiger partial charge on any atom is 0.338 e. The zero-order valence-electron chi connectivity index (χ0n) is 15.2. The minimum absolute atomic E-state index is 0.185. The molecular weight excluding hydrogens is 302 g/mol. The standard InChI is InChI=1S/C20H29NO3/c1-13(2)16-8-10-17(11-9-16)20(23)24-12-19(22)21-18-7-5-6-14(3)15(18)4/h8-11,13-15,18H,5-7,12H2,1-4H3,(H,21,22)/t14-,15-,18+/m1/s1. The van der Waals surface area contributed by atoms with Crippen molar-refractivity contribution in [2.75, 3.05) is 6.61 Å². The highest BCUT2D eigenvalue weighted by atomic mass is 16.5. The molecule has 4 heteroatoms. The number of ether oxygens (including phenoxy) is 1. The van der Waals surface area contributed by atoms with Crippen LogP contribution in [0.15, 0.2) is 24.3 Å². The molecule has 4 nitrogen and oxygen atoms in total. The molecular formula is C20H29NO3. The Kier molecular flexibility index (Phi) is 6.41. The van der Waals surface area contributed by atoms with E-state index in [4.69, 9.17) is 4.74 Å². The predicted octanol–water partition coefficient (Wildman–Crippen LogP) is 3.91. The highest BCUT2D eigenvalue weighted by Crippen LogP contribution is 2.29. The highest BCUT2D eigenvalue weighted by molar-refractivity contribution is 5.91. The second kappa shape index (κ2) is 8.32. The summed E-state index contributed by atoms with van der Waals surface area (Å²) in [5.41, 5.74) is 1.65. The molecule has 2 rings (SSSR count). The molecule has 0 radical (unpaired) electrons. The molecule has 0 spiro atoms.